The molecule has 124 valence electrons. The van der Waals surface area contributed by atoms with E-state index in [1.54, 1.807) is 18.2 Å². The minimum atomic E-state index is -4.42. The first-order chi connectivity index (χ1) is 11.3. The van der Waals surface area contributed by atoms with Gasteiger partial charge in [-0.3, -0.25) is 0 Å². The lowest BCUT2D eigenvalue weighted by atomic mass is 10.1. The predicted molar refractivity (Wildman–Crippen MR) is 79.7 cm³/mol. The van der Waals surface area contributed by atoms with E-state index >= 15 is 0 Å². The summed E-state index contributed by atoms with van der Waals surface area (Å²) in [6.07, 6.45) is -3.66. The van der Waals surface area contributed by atoms with Crippen molar-refractivity contribution < 1.29 is 27.5 Å². The summed E-state index contributed by atoms with van der Waals surface area (Å²) in [6.45, 7) is 0.303. The summed E-state index contributed by atoms with van der Waals surface area (Å²) in [4.78, 5) is 14.6. The van der Waals surface area contributed by atoms with Gasteiger partial charge in [0.2, 0.25) is 5.76 Å². The summed E-state index contributed by atoms with van der Waals surface area (Å²) in [5.41, 5.74) is 0.383. The Hall–Kier alpha value is -3.03. The largest absolute Gasteiger partial charge is 0.475 e. The molecule has 2 N–H and O–H groups in total. The molecule has 0 bridgehead atoms. The van der Waals surface area contributed by atoms with E-state index in [4.69, 9.17) is 9.52 Å². The normalized spacial score (nSPS) is 11.6. The molecule has 24 heavy (non-hydrogen) atoms. The fraction of sp³-hybridized carbons (Fsp3) is 0.125. The number of aromatic nitrogens is 1. The molecule has 0 atom stereocenters. The highest BCUT2D eigenvalue weighted by Crippen LogP contribution is 2.29. The Bertz CT molecular complexity index is 886. The second-order valence-corrected chi connectivity index (χ2v) is 5.07. The molecule has 0 spiro atoms. The summed E-state index contributed by atoms with van der Waals surface area (Å²) >= 11 is 0. The summed E-state index contributed by atoms with van der Waals surface area (Å²) < 4.78 is 42.6. The number of benzene rings is 1. The van der Waals surface area contributed by atoms with Crippen LogP contribution in [-0.2, 0) is 12.7 Å². The molecule has 3 rings (SSSR count). The van der Waals surface area contributed by atoms with Gasteiger partial charge in [0.25, 0.3) is 0 Å². The average molecular weight is 336 g/mol. The standard InChI is InChI=1S/C16H11F3N2O3/c17-16(18,19)11-3-4-14(21-8-11)20-7-9-1-2-10-6-13(15(22)23)24-12(10)5-9/h1-6,8H,7H2,(H,20,21)(H,22,23). The van der Waals surface area contributed by atoms with E-state index in [0.29, 0.717) is 23.3 Å². The molecule has 0 radical (unpaired) electrons. The molecule has 2 heterocycles. The van der Waals surface area contributed by atoms with Crippen molar-refractivity contribution in [2.75, 3.05) is 5.32 Å². The average Bonchev–Trinajstić information content (AvgIpc) is 2.96. The number of carboxylic acid groups (broad SMARTS) is 1. The third kappa shape index (κ3) is 3.32. The first kappa shape index (κ1) is 15.9. The van der Waals surface area contributed by atoms with Crippen molar-refractivity contribution in [3.05, 3.63) is 59.5 Å². The number of anilines is 1. The Balaban J connectivity index is 1.72. The van der Waals surface area contributed by atoms with Crippen LogP contribution in [0.1, 0.15) is 21.7 Å². The molecule has 0 saturated heterocycles. The molecule has 2 aromatic heterocycles. The number of nitrogens with one attached hydrogen (secondary N) is 1. The Morgan fingerprint density at radius 3 is 2.62 bits per heavy atom. The number of carbonyl (C=O) groups is 1. The van der Waals surface area contributed by atoms with Crippen LogP contribution in [-0.4, -0.2) is 16.1 Å². The molecule has 0 aliphatic heterocycles. The van der Waals surface area contributed by atoms with Gasteiger partial charge in [-0.15, -0.1) is 0 Å². The number of carboxylic acids is 1. The molecule has 0 saturated carbocycles. The minimum absolute atomic E-state index is 0.153. The van der Waals surface area contributed by atoms with Crippen LogP contribution >= 0.6 is 0 Å². The lowest BCUT2D eigenvalue weighted by Crippen LogP contribution is -2.07. The molecular formula is C16H11F3N2O3. The van der Waals surface area contributed by atoms with E-state index in [-0.39, 0.29) is 5.76 Å². The van der Waals surface area contributed by atoms with Crippen molar-refractivity contribution in [1.82, 2.24) is 4.98 Å². The minimum Gasteiger partial charge on any atom is -0.475 e. The number of hydrogen-bond donors (Lipinski definition) is 2. The Morgan fingerprint density at radius 2 is 2.00 bits per heavy atom. The molecule has 8 heteroatoms. The van der Waals surface area contributed by atoms with Crippen LogP contribution < -0.4 is 5.32 Å². The highest BCUT2D eigenvalue weighted by atomic mass is 19.4. The maximum absolute atomic E-state index is 12.5. The Morgan fingerprint density at radius 1 is 1.21 bits per heavy atom. The van der Waals surface area contributed by atoms with Crippen molar-refractivity contribution in [3.63, 3.8) is 0 Å². The highest BCUT2D eigenvalue weighted by molar-refractivity contribution is 5.91. The number of furan rings is 1. The number of rotatable bonds is 4. The van der Waals surface area contributed by atoms with E-state index in [1.165, 1.54) is 12.1 Å². The number of fused-ring (bicyclic) bond motifs is 1. The van der Waals surface area contributed by atoms with E-state index in [1.807, 2.05) is 0 Å². The van der Waals surface area contributed by atoms with Gasteiger partial charge in [-0.2, -0.15) is 13.2 Å². The zero-order valence-corrected chi connectivity index (χ0v) is 12.1. The highest BCUT2D eigenvalue weighted by Gasteiger charge is 2.30. The molecule has 1 aromatic carbocycles. The number of halogens is 3. The van der Waals surface area contributed by atoms with Gasteiger partial charge in [0, 0.05) is 18.1 Å². The molecule has 0 fully saturated rings. The molecule has 3 aromatic rings. The zero-order chi connectivity index (χ0) is 17.3. The van der Waals surface area contributed by atoms with Gasteiger partial charge in [-0.1, -0.05) is 12.1 Å². The van der Waals surface area contributed by atoms with Crippen LogP contribution in [0.2, 0.25) is 0 Å². The number of pyridine rings is 1. The van der Waals surface area contributed by atoms with Gasteiger partial charge < -0.3 is 14.8 Å². The van der Waals surface area contributed by atoms with Crippen LogP contribution in [0.15, 0.2) is 47.0 Å². The maximum atomic E-state index is 12.5. The third-order valence-electron chi connectivity index (χ3n) is 3.36. The Labute approximate surface area is 133 Å². The van der Waals surface area contributed by atoms with E-state index in [0.717, 1.165) is 17.8 Å². The van der Waals surface area contributed by atoms with Crippen molar-refractivity contribution in [2.24, 2.45) is 0 Å². The molecule has 5 nitrogen and oxygen atoms in total. The van der Waals surface area contributed by atoms with Crippen LogP contribution in [0.25, 0.3) is 11.0 Å². The summed E-state index contributed by atoms with van der Waals surface area (Å²) in [6, 6.07) is 8.76. The second kappa shape index (κ2) is 5.88. The third-order valence-corrected chi connectivity index (χ3v) is 3.36. The molecule has 0 unspecified atom stereocenters. The van der Waals surface area contributed by atoms with Gasteiger partial charge in [0.05, 0.1) is 5.56 Å². The fourth-order valence-electron chi connectivity index (χ4n) is 2.15. The molecule has 0 amide bonds. The summed E-state index contributed by atoms with van der Waals surface area (Å²) in [5, 5.41) is 12.4. The Kier molecular flexibility index (Phi) is 3.88. The van der Waals surface area contributed by atoms with Gasteiger partial charge in [0.15, 0.2) is 0 Å². The smallest absolute Gasteiger partial charge is 0.417 e. The van der Waals surface area contributed by atoms with E-state index in [2.05, 4.69) is 10.3 Å². The monoisotopic (exact) mass is 336 g/mol. The lowest BCUT2D eigenvalue weighted by Gasteiger charge is -2.08. The number of hydrogen-bond acceptors (Lipinski definition) is 4. The lowest BCUT2D eigenvalue weighted by molar-refractivity contribution is -0.137. The van der Waals surface area contributed by atoms with Crippen LogP contribution in [0, 0.1) is 0 Å². The van der Waals surface area contributed by atoms with Crippen LogP contribution in [0.4, 0.5) is 19.0 Å². The predicted octanol–water partition coefficient (Wildman–Crippen LogP) is 4.16. The number of aromatic carboxylic acids is 1. The summed E-state index contributed by atoms with van der Waals surface area (Å²) in [5.74, 6) is -1.01. The first-order valence-corrected chi connectivity index (χ1v) is 6.86. The van der Waals surface area contributed by atoms with Gasteiger partial charge in [0.1, 0.15) is 11.4 Å². The van der Waals surface area contributed by atoms with E-state index in [9.17, 15) is 18.0 Å². The number of alkyl halides is 3. The van der Waals surface area contributed by atoms with Crippen LogP contribution in [0.5, 0.6) is 0 Å². The molecule has 0 aliphatic carbocycles. The zero-order valence-electron chi connectivity index (χ0n) is 12.1. The fourth-order valence-corrected chi connectivity index (χ4v) is 2.15. The second-order valence-electron chi connectivity index (χ2n) is 5.07. The van der Waals surface area contributed by atoms with Crippen LogP contribution in [0.3, 0.4) is 0 Å². The quantitative estimate of drug-likeness (QED) is 0.748. The van der Waals surface area contributed by atoms with Gasteiger partial charge >= 0.3 is 12.1 Å². The van der Waals surface area contributed by atoms with Crippen molar-refractivity contribution in [1.29, 1.82) is 0 Å². The topological polar surface area (TPSA) is 75.4 Å². The van der Waals surface area contributed by atoms with Gasteiger partial charge in [-0.05, 0) is 29.8 Å². The van der Waals surface area contributed by atoms with E-state index < -0.39 is 17.7 Å². The maximum Gasteiger partial charge on any atom is 0.417 e. The van der Waals surface area contributed by atoms with Gasteiger partial charge in [-0.25, -0.2) is 9.78 Å². The molecule has 0 aliphatic rings. The summed E-state index contributed by atoms with van der Waals surface area (Å²) in [7, 11) is 0. The van der Waals surface area contributed by atoms with Crippen molar-refractivity contribution in [3.8, 4) is 0 Å². The van der Waals surface area contributed by atoms with Crippen molar-refractivity contribution in [2.45, 2.75) is 12.7 Å². The first-order valence-electron chi connectivity index (χ1n) is 6.86. The SMILES string of the molecule is O=C(O)c1cc2ccc(CNc3ccc(C(F)(F)F)cn3)cc2o1. The number of nitrogens with zero attached hydrogens (tertiary/aromatic N) is 1. The van der Waals surface area contributed by atoms with Crippen molar-refractivity contribution >= 4 is 22.8 Å². The molecular weight excluding hydrogens is 325 g/mol.